The van der Waals surface area contributed by atoms with Crippen LogP contribution in [0.1, 0.15) is 18.5 Å². The second kappa shape index (κ2) is 8.42. The smallest absolute Gasteiger partial charge is 0.226 e. The minimum absolute atomic E-state index is 0.0121. The van der Waals surface area contributed by atoms with E-state index in [1.54, 1.807) is 12.3 Å². The number of pyridine rings is 2. The first-order valence-corrected chi connectivity index (χ1v) is 8.79. The maximum Gasteiger partial charge on any atom is 0.226 e. The molecule has 0 saturated carbocycles. The maximum atomic E-state index is 12.3. The van der Waals surface area contributed by atoms with Gasteiger partial charge in [0.25, 0.3) is 0 Å². The molecule has 1 aliphatic rings. The molecule has 3 rings (SSSR count). The lowest BCUT2D eigenvalue weighted by Crippen LogP contribution is -2.49. The monoisotopic (exact) mass is 353 g/mol. The van der Waals surface area contributed by atoms with Crippen LogP contribution < -0.4 is 10.2 Å². The lowest BCUT2D eigenvalue weighted by Gasteiger charge is -2.35. The summed E-state index contributed by atoms with van der Waals surface area (Å²) in [5.41, 5.74) is 0.838. The van der Waals surface area contributed by atoms with Crippen molar-refractivity contribution in [3.05, 3.63) is 48.3 Å². The van der Waals surface area contributed by atoms with Crippen LogP contribution in [0.2, 0.25) is 0 Å². The van der Waals surface area contributed by atoms with Gasteiger partial charge in [-0.15, -0.1) is 0 Å². The zero-order chi connectivity index (χ0) is 18.4. The standard InChI is InChI=1S/C19H23N5O2/c1-15-5-4-6-16(21-15)22-18(25)8-9-19(26)24-13-11-23(12-14-24)17-7-2-3-10-20-17/h2-7,10H,8-9,11-14H2,1H3,(H,21,22,25). The number of nitrogens with zero attached hydrogens (tertiary/aromatic N) is 4. The molecule has 2 aromatic heterocycles. The van der Waals surface area contributed by atoms with E-state index in [0.717, 1.165) is 24.6 Å². The fraction of sp³-hybridized carbons (Fsp3) is 0.368. The van der Waals surface area contributed by atoms with Crippen molar-refractivity contribution in [1.82, 2.24) is 14.9 Å². The molecule has 26 heavy (non-hydrogen) atoms. The minimum Gasteiger partial charge on any atom is -0.353 e. The molecule has 1 N–H and O–H groups in total. The molecule has 7 nitrogen and oxygen atoms in total. The number of nitrogens with one attached hydrogen (secondary N) is 1. The van der Waals surface area contributed by atoms with Crippen molar-refractivity contribution in [3.63, 3.8) is 0 Å². The highest BCUT2D eigenvalue weighted by molar-refractivity contribution is 5.92. The number of amides is 2. The van der Waals surface area contributed by atoms with Crippen LogP contribution in [-0.2, 0) is 9.59 Å². The molecule has 0 aliphatic carbocycles. The van der Waals surface area contributed by atoms with Gasteiger partial charge < -0.3 is 15.1 Å². The number of rotatable bonds is 5. The van der Waals surface area contributed by atoms with Crippen LogP contribution in [0.5, 0.6) is 0 Å². The Morgan fingerprint density at radius 1 is 1.04 bits per heavy atom. The largest absolute Gasteiger partial charge is 0.353 e. The molecule has 1 saturated heterocycles. The molecule has 2 amide bonds. The molecular weight excluding hydrogens is 330 g/mol. The Morgan fingerprint density at radius 2 is 1.85 bits per heavy atom. The molecule has 0 atom stereocenters. The Balaban J connectivity index is 1.42. The summed E-state index contributed by atoms with van der Waals surface area (Å²) in [5.74, 6) is 1.28. The van der Waals surface area contributed by atoms with E-state index in [4.69, 9.17) is 0 Å². The highest BCUT2D eigenvalue weighted by Gasteiger charge is 2.22. The van der Waals surface area contributed by atoms with Gasteiger partial charge >= 0.3 is 0 Å². The second-order valence-electron chi connectivity index (χ2n) is 6.27. The molecule has 3 heterocycles. The fourth-order valence-corrected chi connectivity index (χ4v) is 2.92. The van der Waals surface area contributed by atoms with E-state index in [0.29, 0.717) is 18.9 Å². The predicted octanol–water partition coefficient (Wildman–Crippen LogP) is 1.85. The van der Waals surface area contributed by atoms with Gasteiger partial charge in [0.1, 0.15) is 11.6 Å². The van der Waals surface area contributed by atoms with E-state index in [1.165, 1.54) is 0 Å². The molecule has 0 bridgehead atoms. The van der Waals surface area contributed by atoms with E-state index >= 15 is 0 Å². The quantitative estimate of drug-likeness (QED) is 0.888. The van der Waals surface area contributed by atoms with Crippen molar-refractivity contribution in [3.8, 4) is 0 Å². The topological polar surface area (TPSA) is 78.4 Å². The van der Waals surface area contributed by atoms with Crippen molar-refractivity contribution >= 4 is 23.5 Å². The summed E-state index contributed by atoms with van der Waals surface area (Å²) in [5, 5.41) is 2.73. The maximum absolute atomic E-state index is 12.3. The van der Waals surface area contributed by atoms with Gasteiger partial charge in [-0.1, -0.05) is 12.1 Å². The number of carbonyl (C=O) groups excluding carboxylic acids is 2. The summed E-state index contributed by atoms with van der Waals surface area (Å²) in [4.78, 5) is 36.9. The van der Waals surface area contributed by atoms with Crippen LogP contribution in [0.4, 0.5) is 11.6 Å². The van der Waals surface area contributed by atoms with Gasteiger partial charge in [0.15, 0.2) is 0 Å². The van der Waals surface area contributed by atoms with Crippen molar-refractivity contribution in [2.45, 2.75) is 19.8 Å². The number of carbonyl (C=O) groups is 2. The number of hydrogen-bond donors (Lipinski definition) is 1. The minimum atomic E-state index is -0.191. The normalized spacial score (nSPS) is 14.2. The number of hydrogen-bond acceptors (Lipinski definition) is 5. The summed E-state index contributed by atoms with van der Waals surface area (Å²) < 4.78 is 0. The third kappa shape index (κ3) is 4.78. The van der Waals surface area contributed by atoms with E-state index in [2.05, 4.69) is 20.2 Å². The van der Waals surface area contributed by atoms with Crippen LogP contribution >= 0.6 is 0 Å². The van der Waals surface area contributed by atoms with E-state index < -0.39 is 0 Å². The SMILES string of the molecule is Cc1cccc(NC(=O)CCC(=O)N2CCN(c3ccccn3)CC2)n1. The molecule has 2 aromatic rings. The Kier molecular flexibility index (Phi) is 5.78. The Labute approximate surface area is 153 Å². The summed E-state index contributed by atoms with van der Waals surface area (Å²) in [6.07, 6.45) is 2.14. The highest BCUT2D eigenvalue weighted by Crippen LogP contribution is 2.13. The molecule has 0 aromatic carbocycles. The van der Waals surface area contributed by atoms with Gasteiger partial charge in [0, 0.05) is 50.9 Å². The molecule has 1 aliphatic heterocycles. The first-order valence-electron chi connectivity index (χ1n) is 8.79. The first kappa shape index (κ1) is 17.8. The van der Waals surface area contributed by atoms with Crippen LogP contribution in [0.3, 0.4) is 0 Å². The molecule has 0 unspecified atom stereocenters. The van der Waals surface area contributed by atoms with Crippen LogP contribution in [0.15, 0.2) is 42.6 Å². The van der Waals surface area contributed by atoms with Gasteiger partial charge in [-0.2, -0.15) is 0 Å². The number of piperazine rings is 1. The Morgan fingerprint density at radius 3 is 2.54 bits per heavy atom. The van der Waals surface area contributed by atoms with Crippen molar-refractivity contribution in [1.29, 1.82) is 0 Å². The summed E-state index contributed by atoms with van der Waals surface area (Å²) in [6.45, 7) is 4.67. The molecule has 0 radical (unpaired) electrons. The number of anilines is 2. The van der Waals surface area contributed by atoms with Gasteiger partial charge in [0.2, 0.25) is 11.8 Å². The molecule has 136 valence electrons. The van der Waals surface area contributed by atoms with Gasteiger partial charge in [-0.05, 0) is 31.2 Å². The van der Waals surface area contributed by atoms with E-state index in [-0.39, 0.29) is 24.7 Å². The zero-order valence-electron chi connectivity index (χ0n) is 14.9. The van der Waals surface area contributed by atoms with Crippen molar-refractivity contribution in [2.75, 3.05) is 36.4 Å². The van der Waals surface area contributed by atoms with Crippen LogP contribution in [0, 0.1) is 6.92 Å². The molecule has 1 fully saturated rings. The van der Waals surface area contributed by atoms with Crippen molar-refractivity contribution < 1.29 is 9.59 Å². The van der Waals surface area contributed by atoms with Gasteiger partial charge in [-0.3, -0.25) is 9.59 Å². The summed E-state index contributed by atoms with van der Waals surface area (Å²) >= 11 is 0. The van der Waals surface area contributed by atoms with Gasteiger partial charge in [0.05, 0.1) is 0 Å². The van der Waals surface area contributed by atoms with E-state index in [9.17, 15) is 9.59 Å². The van der Waals surface area contributed by atoms with Crippen LogP contribution in [0.25, 0.3) is 0 Å². The first-order chi connectivity index (χ1) is 12.6. The summed E-state index contributed by atoms with van der Waals surface area (Å²) in [6, 6.07) is 11.3. The Hall–Kier alpha value is -2.96. The zero-order valence-corrected chi connectivity index (χ0v) is 14.9. The van der Waals surface area contributed by atoms with E-state index in [1.807, 2.05) is 42.2 Å². The lowest BCUT2D eigenvalue weighted by atomic mass is 10.2. The molecule has 7 heteroatoms. The summed E-state index contributed by atoms with van der Waals surface area (Å²) in [7, 11) is 0. The third-order valence-electron chi connectivity index (χ3n) is 4.33. The number of aryl methyl sites for hydroxylation is 1. The lowest BCUT2D eigenvalue weighted by molar-refractivity contribution is -0.133. The van der Waals surface area contributed by atoms with Gasteiger partial charge in [-0.25, -0.2) is 9.97 Å². The fourth-order valence-electron chi connectivity index (χ4n) is 2.92. The molecular formula is C19H23N5O2. The second-order valence-corrected chi connectivity index (χ2v) is 6.27. The average Bonchev–Trinajstić information content (AvgIpc) is 2.67. The third-order valence-corrected chi connectivity index (χ3v) is 4.33. The Bertz CT molecular complexity index is 758. The number of aromatic nitrogens is 2. The highest BCUT2D eigenvalue weighted by atomic mass is 16.2. The van der Waals surface area contributed by atoms with Crippen molar-refractivity contribution in [2.24, 2.45) is 0 Å². The van der Waals surface area contributed by atoms with Crippen LogP contribution in [-0.4, -0.2) is 52.9 Å². The average molecular weight is 353 g/mol. The predicted molar refractivity (Wildman–Crippen MR) is 99.9 cm³/mol. The molecule has 0 spiro atoms.